The molecule has 0 aromatic rings. The molecule has 1 saturated carbocycles. The van der Waals surface area contributed by atoms with Crippen molar-refractivity contribution in [2.45, 2.75) is 77.4 Å². The molecule has 1 aliphatic carbocycles. The summed E-state index contributed by atoms with van der Waals surface area (Å²) >= 11 is 0. The van der Waals surface area contributed by atoms with Gasteiger partial charge in [-0.05, 0) is 33.2 Å². The highest BCUT2D eigenvalue weighted by atomic mass is 16.1. The molecular formula is C15H31N3O. The quantitative estimate of drug-likeness (QED) is 0.742. The number of nitrogens with two attached hydrogens (primary N) is 1. The molecule has 4 nitrogen and oxygen atoms in total. The number of hydrogen-bond donors (Lipinski definition) is 2. The van der Waals surface area contributed by atoms with E-state index >= 15 is 0 Å². The van der Waals surface area contributed by atoms with Crippen LogP contribution in [0.4, 0.5) is 0 Å². The first-order chi connectivity index (χ1) is 9.08. The van der Waals surface area contributed by atoms with Crippen molar-refractivity contribution < 1.29 is 4.79 Å². The van der Waals surface area contributed by atoms with Gasteiger partial charge in [-0.15, -0.1) is 0 Å². The van der Waals surface area contributed by atoms with Crippen molar-refractivity contribution in [3.05, 3.63) is 0 Å². The second-order valence-electron chi connectivity index (χ2n) is 5.94. The average Bonchev–Trinajstić information content (AvgIpc) is 2.38. The number of nitrogens with one attached hydrogen (secondary N) is 1. The van der Waals surface area contributed by atoms with Crippen molar-refractivity contribution in [2.75, 3.05) is 13.1 Å². The van der Waals surface area contributed by atoms with Crippen LogP contribution in [-0.4, -0.2) is 42.0 Å². The molecule has 0 aliphatic heterocycles. The fraction of sp³-hybridized carbons (Fsp3) is 0.933. The Labute approximate surface area is 118 Å². The van der Waals surface area contributed by atoms with Crippen LogP contribution in [0.3, 0.4) is 0 Å². The van der Waals surface area contributed by atoms with E-state index in [0.717, 1.165) is 6.54 Å². The van der Waals surface area contributed by atoms with Crippen molar-refractivity contribution in [1.82, 2.24) is 10.2 Å². The van der Waals surface area contributed by atoms with E-state index in [2.05, 4.69) is 17.1 Å². The van der Waals surface area contributed by atoms with Crippen molar-refractivity contribution in [3.8, 4) is 0 Å². The van der Waals surface area contributed by atoms with E-state index in [0.29, 0.717) is 19.0 Å². The fourth-order valence-electron chi connectivity index (χ4n) is 3.16. The molecule has 4 heteroatoms. The molecule has 1 aliphatic rings. The van der Waals surface area contributed by atoms with Crippen LogP contribution in [-0.2, 0) is 4.79 Å². The van der Waals surface area contributed by atoms with Crippen LogP contribution < -0.4 is 11.1 Å². The van der Waals surface area contributed by atoms with E-state index in [-0.39, 0.29) is 18.0 Å². The molecule has 1 rings (SSSR count). The van der Waals surface area contributed by atoms with Crippen LogP contribution in [0.15, 0.2) is 0 Å². The summed E-state index contributed by atoms with van der Waals surface area (Å²) in [6.07, 6.45) is 7.04. The topological polar surface area (TPSA) is 58.4 Å². The summed E-state index contributed by atoms with van der Waals surface area (Å²) in [5, 5.41) is 2.97. The molecule has 0 radical (unpaired) electrons. The maximum atomic E-state index is 11.9. The number of amides is 1. The number of nitrogens with zero attached hydrogens (tertiary/aromatic N) is 1. The Morgan fingerprint density at radius 2 is 1.95 bits per heavy atom. The molecule has 1 fully saturated rings. The van der Waals surface area contributed by atoms with Crippen molar-refractivity contribution in [1.29, 1.82) is 0 Å². The summed E-state index contributed by atoms with van der Waals surface area (Å²) < 4.78 is 0. The predicted octanol–water partition coefficient (Wildman–Crippen LogP) is 1.88. The number of carbonyl (C=O) groups excluding carboxylic acids is 1. The second-order valence-corrected chi connectivity index (χ2v) is 5.94. The lowest BCUT2D eigenvalue weighted by molar-refractivity contribution is -0.123. The highest BCUT2D eigenvalue weighted by molar-refractivity contribution is 5.76. The molecular weight excluding hydrogens is 238 g/mol. The van der Waals surface area contributed by atoms with Crippen LogP contribution in [0.2, 0.25) is 0 Å². The van der Waals surface area contributed by atoms with Gasteiger partial charge in [-0.1, -0.05) is 26.2 Å². The van der Waals surface area contributed by atoms with Crippen molar-refractivity contribution in [2.24, 2.45) is 5.73 Å². The molecule has 0 heterocycles. The fourth-order valence-corrected chi connectivity index (χ4v) is 3.16. The molecule has 112 valence electrons. The van der Waals surface area contributed by atoms with E-state index in [1.165, 1.54) is 32.1 Å². The summed E-state index contributed by atoms with van der Waals surface area (Å²) in [7, 11) is 0. The zero-order chi connectivity index (χ0) is 14.3. The Morgan fingerprint density at radius 3 is 2.42 bits per heavy atom. The van der Waals surface area contributed by atoms with Crippen LogP contribution in [0.1, 0.15) is 59.3 Å². The van der Waals surface area contributed by atoms with Crippen LogP contribution in [0.25, 0.3) is 0 Å². The molecule has 1 amide bonds. The van der Waals surface area contributed by atoms with Gasteiger partial charge in [0, 0.05) is 31.1 Å². The molecule has 0 aromatic carbocycles. The van der Waals surface area contributed by atoms with E-state index in [1.54, 1.807) is 0 Å². The number of rotatable bonds is 7. The molecule has 1 atom stereocenters. The molecule has 0 aromatic heterocycles. The Kier molecular flexibility index (Phi) is 7.39. The molecule has 19 heavy (non-hydrogen) atoms. The van der Waals surface area contributed by atoms with Crippen molar-refractivity contribution >= 4 is 5.91 Å². The first-order valence-corrected chi connectivity index (χ1v) is 7.83. The summed E-state index contributed by atoms with van der Waals surface area (Å²) in [5.41, 5.74) is 5.91. The van der Waals surface area contributed by atoms with Gasteiger partial charge in [0.25, 0.3) is 0 Å². The van der Waals surface area contributed by atoms with Gasteiger partial charge >= 0.3 is 0 Å². The number of likely N-dealkylation sites (N-methyl/N-ethyl adjacent to an activating group) is 1. The lowest BCUT2D eigenvalue weighted by Gasteiger charge is -2.38. The molecule has 0 bridgehead atoms. The third-order valence-corrected chi connectivity index (χ3v) is 4.02. The summed E-state index contributed by atoms with van der Waals surface area (Å²) in [6.45, 7) is 7.72. The first-order valence-electron chi connectivity index (χ1n) is 7.83. The molecule has 3 N–H and O–H groups in total. The molecule has 0 saturated heterocycles. The maximum Gasteiger partial charge on any atom is 0.221 e. The summed E-state index contributed by atoms with van der Waals surface area (Å²) in [6, 6.07) is 1.02. The van der Waals surface area contributed by atoms with Gasteiger partial charge in [0.05, 0.1) is 0 Å². The summed E-state index contributed by atoms with van der Waals surface area (Å²) in [5.74, 6) is 0.125. The Hall–Kier alpha value is -0.610. The molecule has 0 spiro atoms. The highest BCUT2D eigenvalue weighted by Crippen LogP contribution is 2.24. The highest BCUT2D eigenvalue weighted by Gasteiger charge is 2.27. The van der Waals surface area contributed by atoms with E-state index in [9.17, 15) is 4.79 Å². The van der Waals surface area contributed by atoms with Gasteiger partial charge in [-0.25, -0.2) is 0 Å². The average molecular weight is 269 g/mol. The lowest BCUT2D eigenvalue weighted by Crippen LogP contribution is -2.49. The Bertz CT molecular complexity index is 262. The van der Waals surface area contributed by atoms with Crippen molar-refractivity contribution in [3.63, 3.8) is 0 Å². The minimum Gasteiger partial charge on any atom is -0.354 e. The standard InChI is InChI=1S/C15H31N3O/c1-4-18(13-8-6-5-7-9-13)14(11-16)10-15(19)17-12(2)3/h12-14H,4-11,16H2,1-3H3,(H,17,19). The number of carbonyl (C=O) groups is 1. The zero-order valence-corrected chi connectivity index (χ0v) is 12.8. The van der Waals surface area contributed by atoms with E-state index in [4.69, 9.17) is 5.73 Å². The van der Waals surface area contributed by atoms with Crippen LogP contribution >= 0.6 is 0 Å². The van der Waals surface area contributed by atoms with Gasteiger partial charge in [-0.3, -0.25) is 9.69 Å². The minimum absolute atomic E-state index is 0.125. The minimum atomic E-state index is 0.125. The van der Waals surface area contributed by atoms with Gasteiger partial charge in [0.1, 0.15) is 0 Å². The largest absolute Gasteiger partial charge is 0.354 e. The smallest absolute Gasteiger partial charge is 0.221 e. The van der Waals surface area contributed by atoms with E-state index in [1.807, 2.05) is 13.8 Å². The third kappa shape index (κ3) is 5.49. The normalized spacial score (nSPS) is 18.8. The first kappa shape index (κ1) is 16.4. The SMILES string of the molecule is CCN(C1CCCCC1)C(CN)CC(=O)NC(C)C. The van der Waals surface area contributed by atoms with Gasteiger partial charge < -0.3 is 11.1 Å². The zero-order valence-electron chi connectivity index (χ0n) is 12.8. The Balaban J connectivity index is 2.56. The van der Waals surface area contributed by atoms with Crippen LogP contribution in [0.5, 0.6) is 0 Å². The number of hydrogen-bond acceptors (Lipinski definition) is 3. The lowest BCUT2D eigenvalue weighted by atomic mass is 9.92. The third-order valence-electron chi connectivity index (χ3n) is 4.02. The predicted molar refractivity (Wildman–Crippen MR) is 80.0 cm³/mol. The maximum absolute atomic E-state index is 11.9. The Morgan fingerprint density at radius 1 is 1.32 bits per heavy atom. The second kappa shape index (κ2) is 8.54. The van der Waals surface area contributed by atoms with Gasteiger partial charge in [0.2, 0.25) is 5.91 Å². The van der Waals surface area contributed by atoms with E-state index < -0.39 is 0 Å². The molecule has 1 unspecified atom stereocenters. The summed E-state index contributed by atoms with van der Waals surface area (Å²) in [4.78, 5) is 14.4. The van der Waals surface area contributed by atoms with Crippen LogP contribution in [0, 0.1) is 0 Å². The monoisotopic (exact) mass is 269 g/mol. The van der Waals surface area contributed by atoms with Gasteiger partial charge in [-0.2, -0.15) is 0 Å². The van der Waals surface area contributed by atoms with Gasteiger partial charge in [0.15, 0.2) is 0 Å².